The maximum absolute atomic E-state index is 12.1. The second kappa shape index (κ2) is 5.40. The fourth-order valence-corrected chi connectivity index (χ4v) is 3.01. The van der Waals surface area contributed by atoms with E-state index in [-0.39, 0.29) is 5.91 Å². The highest BCUT2D eigenvalue weighted by atomic mass is 35.5. The minimum absolute atomic E-state index is 0.260. The first-order valence-corrected chi connectivity index (χ1v) is 7.36. The van der Waals surface area contributed by atoms with Crippen molar-refractivity contribution in [2.45, 2.75) is 0 Å². The van der Waals surface area contributed by atoms with E-state index in [9.17, 15) is 4.79 Å². The standard InChI is InChI=1S/C14H8Cl2N2OS/c15-9-3-8(4-10(16)5-9)14(19)18-11-1-2-13-12(6-11)17-7-20-13/h1-7H,(H,18,19). The molecule has 0 atom stereocenters. The lowest BCUT2D eigenvalue weighted by Crippen LogP contribution is -2.11. The largest absolute Gasteiger partial charge is 0.322 e. The SMILES string of the molecule is O=C(Nc1ccc2scnc2c1)c1cc(Cl)cc(Cl)c1. The number of anilines is 1. The number of carbonyl (C=O) groups is 1. The van der Waals surface area contributed by atoms with Crippen molar-refractivity contribution < 1.29 is 4.79 Å². The van der Waals surface area contributed by atoms with Crippen LogP contribution in [0.2, 0.25) is 10.0 Å². The first kappa shape index (κ1) is 13.4. The zero-order valence-electron chi connectivity index (χ0n) is 10.1. The highest BCUT2D eigenvalue weighted by Crippen LogP contribution is 2.23. The molecule has 2 aromatic carbocycles. The molecule has 3 aromatic rings. The van der Waals surface area contributed by atoms with Crippen LogP contribution >= 0.6 is 34.5 Å². The lowest BCUT2D eigenvalue weighted by molar-refractivity contribution is 0.102. The van der Waals surface area contributed by atoms with Crippen LogP contribution in [0, 0.1) is 0 Å². The number of aromatic nitrogens is 1. The summed E-state index contributed by atoms with van der Waals surface area (Å²) in [4.78, 5) is 16.4. The fraction of sp³-hybridized carbons (Fsp3) is 0. The molecule has 0 unspecified atom stereocenters. The average Bonchev–Trinajstić information content (AvgIpc) is 2.85. The van der Waals surface area contributed by atoms with Crippen molar-refractivity contribution in [1.82, 2.24) is 4.98 Å². The molecule has 6 heteroatoms. The summed E-state index contributed by atoms with van der Waals surface area (Å²) in [5.41, 5.74) is 3.73. The molecule has 0 aliphatic rings. The van der Waals surface area contributed by atoms with Gasteiger partial charge in [0.05, 0.1) is 15.7 Å². The molecule has 0 spiro atoms. The van der Waals surface area contributed by atoms with E-state index in [0.29, 0.717) is 21.3 Å². The molecule has 0 aliphatic carbocycles. The van der Waals surface area contributed by atoms with Crippen molar-refractivity contribution >= 4 is 56.3 Å². The number of nitrogens with zero attached hydrogens (tertiary/aromatic N) is 1. The van der Waals surface area contributed by atoms with Crippen molar-refractivity contribution in [3.63, 3.8) is 0 Å². The first-order valence-electron chi connectivity index (χ1n) is 5.72. The molecule has 0 bridgehead atoms. The van der Waals surface area contributed by atoms with Crippen LogP contribution in [0.4, 0.5) is 5.69 Å². The average molecular weight is 323 g/mol. The molecular formula is C14H8Cl2N2OS. The van der Waals surface area contributed by atoms with E-state index >= 15 is 0 Å². The van der Waals surface area contributed by atoms with E-state index < -0.39 is 0 Å². The highest BCUT2D eigenvalue weighted by Gasteiger charge is 2.09. The van der Waals surface area contributed by atoms with Crippen molar-refractivity contribution in [2.24, 2.45) is 0 Å². The second-order valence-corrected chi connectivity index (χ2v) is 5.91. The summed E-state index contributed by atoms with van der Waals surface area (Å²) in [5, 5.41) is 3.66. The maximum Gasteiger partial charge on any atom is 0.255 e. The number of halogens is 2. The van der Waals surface area contributed by atoms with Crippen molar-refractivity contribution in [2.75, 3.05) is 5.32 Å². The van der Waals surface area contributed by atoms with Crippen molar-refractivity contribution in [3.05, 3.63) is 57.5 Å². The number of thiazole rings is 1. The zero-order valence-corrected chi connectivity index (χ0v) is 12.4. The van der Waals surface area contributed by atoms with Gasteiger partial charge in [0, 0.05) is 21.3 Å². The Morgan fingerprint density at radius 3 is 2.60 bits per heavy atom. The Hall–Kier alpha value is -1.62. The van der Waals surface area contributed by atoms with Gasteiger partial charge >= 0.3 is 0 Å². The molecule has 3 nitrogen and oxygen atoms in total. The Kier molecular flexibility index (Phi) is 3.61. The lowest BCUT2D eigenvalue weighted by Gasteiger charge is -2.06. The van der Waals surface area contributed by atoms with Crippen LogP contribution in [0.5, 0.6) is 0 Å². The number of carbonyl (C=O) groups excluding carboxylic acids is 1. The van der Waals surface area contributed by atoms with Gasteiger partial charge < -0.3 is 5.32 Å². The normalized spacial score (nSPS) is 10.7. The summed E-state index contributed by atoms with van der Waals surface area (Å²) < 4.78 is 1.08. The molecular weight excluding hydrogens is 315 g/mol. The van der Waals surface area contributed by atoms with Crippen LogP contribution in [0.15, 0.2) is 41.9 Å². The first-order chi connectivity index (χ1) is 9.61. The van der Waals surface area contributed by atoms with E-state index in [0.717, 1.165) is 10.2 Å². The highest BCUT2D eigenvalue weighted by molar-refractivity contribution is 7.16. The van der Waals surface area contributed by atoms with Gasteiger partial charge in [-0.2, -0.15) is 0 Å². The minimum atomic E-state index is -0.260. The number of amides is 1. The molecule has 0 aliphatic heterocycles. The van der Waals surface area contributed by atoms with Crippen LogP contribution in [-0.4, -0.2) is 10.9 Å². The summed E-state index contributed by atoms with van der Waals surface area (Å²) in [6.45, 7) is 0. The summed E-state index contributed by atoms with van der Waals surface area (Å²) >= 11 is 13.3. The van der Waals surface area contributed by atoms with Gasteiger partial charge in [-0.15, -0.1) is 11.3 Å². The summed E-state index contributed by atoms with van der Waals surface area (Å²) in [5.74, 6) is -0.260. The Balaban J connectivity index is 1.87. The molecule has 1 aromatic heterocycles. The van der Waals surface area contributed by atoms with E-state index in [1.807, 2.05) is 18.2 Å². The molecule has 3 rings (SSSR count). The van der Waals surface area contributed by atoms with Gasteiger partial charge in [-0.25, -0.2) is 4.98 Å². The van der Waals surface area contributed by atoms with Gasteiger partial charge in [0.2, 0.25) is 0 Å². The monoisotopic (exact) mass is 322 g/mol. The van der Waals surface area contributed by atoms with E-state index in [2.05, 4.69) is 10.3 Å². The summed E-state index contributed by atoms with van der Waals surface area (Å²) in [6.07, 6.45) is 0. The van der Waals surface area contributed by atoms with Gasteiger partial charge in [0.15, 0.2) is 0 Å². The lowest BCUT2D eigenvalue weighted by atomic mass is 10.2. The summed E-state index contributed by atoms with van der Waals surface area (Å²) in [7, 11) is 0. The number of rotatable bonds is 2. The molecule has 0 fully saturated rings. The van der Waals surface area contributed by atoms with Crippen LogP contribution in [-0.2, 0) is 0 Å². The number of benzene rings is 2. The van der Waals surface area contributed by atoms with Crippen LogP contribution in [0.1, 0.15) is 10.4 Å². The Labute approximate surface area is 129 Å². The van der Waals surface area contributed by atoms with Gasteiger partial charge in [-0.05, 0) is 36.4 Å². The molecule has 1 N–H and O–H groups in total. The molecule has 20 heavy (non-hydrogen) atoms. The van der Waals surface area contributed by atoms with Crippen LogP contribution < -0.4 is 5.32 Å². The topological polar surface area (TPSA) is 42.0 Å². The maximum atomic E-state index is 12.1. The fourth-order valence-electron chi connectivity index (χ4n) is 1.82. The van der Waals surface area contributed by atoms with Gasteiger partial charge in [0.25, 0.3) is 5.91 Å². The van der Waals surface area contributed by atoms with Crippen molar-refractivity contribution in [3.8, 4) is 0 Å². The third-order valence-electron chi connectivity index (χ3n) is 2.71. The second-order valence-electron chi connectivity index (χ2n) is 4.15. The smallest absolute Gasteiger partial charge is 0.255 e. The number of hydrogen-bond donors (Lipinski definition) is 1. The number of hydrogen-bond acceptors (Lipinski definition) is 3. The molecule has 1 heterocycles. The van der Waals surface area contributed by atoms with Crippen LogP contribution in [0.25, 0.3) is 10.2 Å². The Morgan fingerprint density at radius 2 is 1.85 bits per heavy atom. The van der Waals surface area contributed by atoms with E-state index in [4.69, 9.17) is 23.2 Å². The predicted octanol–water partition coefficient (Wildman–Crippen LogP) is 4.86. The quantitative estimate of drug-likeness (QED) is 0.732. The van der Waals surface area contributed by atoms with Crippen LogP contribution in [0.3, 0.4) is 0 Å². The number of fused-ring (bicyclic) bond motifs is 1. The molecule has 0 radical (unpaired) electrons. The van der Waals surface area contributed by atoms with Gasteiger partial charge in [-0.1, -0.05) is 23.2 Å². The molecule has 0 saturated carbocycles. The van der Waals surface area contributed by atoms with Crippen molar-refractivity contribution in [1.29, 1.82) is 0 Å². The molecule has 0 saturated heterocycles. The minimum Gasteiger partial charge on any atom is -0.322 e. The number of nitrogens with one attached hydrogen (secondary N) is 1. The molecule has 1 amide bonds. The Morgan fingerprint density at radius 1 is 1.10 bits per heavy atom. The van der Waals surface area contributed by atoms with Gasteiger partial charge in [-0.3, -0.25) is 4.79 Å². The Bertz CT molecular complexity index is 780. The summed E-state index contributed by atoms with van der Waals surface area (Å²) in [6, 6.07) is 10.3. The van der Waals surface area contributed by atoms with E-state index in [1.54, 1.807) is 35.0 Å². The third-order valence-corrected chi connectivity index (χ3v) is 3.96. The molecule has 100 valence electrons. The predicted molar refractivity (Wildman–Crippen MR) is 84.0 cm³/mol. The third kappa shape index (κ3) is 2.77. The van der Waals surface area contributed by atoms with E-state index in [1.165, 1.54) is 0 Å². The zero-order chi connectivity index (χ0) is 14.1. The van der Waals surface area contributed by atoms with Gasteiger partial charge in [0.1, 0.15) is 0 Å².